The van der Waals surface area contributed by atoms with Gasteiger partial charge < -0.3 is 10.6 Å². The number of benzene rings is 1. The second kappa shape index (κ2) is 7.62. The van der Waals surface area contributed by atoms with Crippen LogP contribution >= 0.6 is 24.0 Å². The van der Waals surface area contributed by atoms with E-state index in [1.807, 2.05) is 38.1 Å². The molecule has 1 amide bonds. The van der Waals surface area contributed by atoms with E-state index < -0.39 is 6.04 Å². The first kappa shape index (κ1) is 17.2. The predicted octanol–water partition coefficient (Wildman–Crippen LogP) is 2.70. The summed E-state index contributed by atoms with van der Waals surface area (Å²) in [5, 5.41) is 0.672. The molecule has 0 saturated carbocycles. The summed E-state index contributed by atoms with van der Waals surface area (Å²) in [6, 6.07) is 7.04. The van der Waals surface area contributed by atoms with Gasteiger partial charge in [-0.1, -0.05) is 43.6 Å². The van der Waals surface area contributed by atoms with E-state index in [-0.39, 0.29) is 24.2 Å². The van der Waals surface area contributed by atoms with Crippen molar-refractivity contribution in [3.8, 4) is 0 Å². The summed E-state index contributed by atoms with van der Waals surface area (Å²) in [5.74, 6) is 0.0797. The molecule has 0 heterocycles. The van der Waals surface area contributed by atoms with Gasteiger partial charge in [-0.15, -0.1) is 12.4 Å². The number of carbonyl (C=O) groups excluding carboxylic acids is 1. The predicted molar refractivity (Wildman–Crippen MR) is 78.0 cm³/mol. The highest BCUT2D eigenvalue weighted by Crippen LogP contribution is 2.17. The van der Waals surface area contributed by atoms with E-state index in [1.165, 1.54) is 0 Å². The molecule has 0 aliphatic rings. The maximum Gasteiger partial charge on any atom is 0.239 e. The fraction of sp³-hybridized carbons (Fsp3) is 0.462. The van der Waals surface area contributed by atoms with E-state index in [2.05, 4.69) is 0 Å². The van der Waals surface area contributed by atoms with Crippen molar-refractivity contribution < 1.29 is 4.79 Å². The zero-order valence-corrected chi connectivity index (χ0v) is 12.5. The van der Waals surface area contributed by atoms with E-state index in [9.17, 15) is 4.79 Å². The summed E-state index contributed by atoms with van der Waals surface area (Å²) >= 11 is 6.05. The monoisotopic (exact) mass is 290 g/mol. The Morgan fingerprint density at radius 3 is 2.44 bits per heavy atom. The lowest BCUT2D eigenvalue weighted by Crippen LogP contribution is -2.44. The first-order chi connectivity index (χ1) is 7.93. The van der Waals surface area contributed by atoms with Crippen LogP contribution in [-0.4, -0.2) is 23.9 Å². The Labute approximate surface area is 120 Å². The molecule has 0 radical (unpaired) electrons. The van der Waals surface area contributed by atoms with Crippen LogP contribution in [0.1, 0.15) is 19.4 Å². The summed E-state index contributed by atoms with van der Waals surface area (Å²) in [6.45, 7) is 4.36. The van der Waals surface area contributed by atoms with Gasteiger partial charge in [0.25, 0.3) is 0 Å². The molecule has 0 aliphatic heterocycles. The maximum absolute atomic E-state index is 12.0. The molecule has 0 aliphatic carbocycles. The van der Waals surface area contributed by atoms with Gasteiger partial charge in [-0.25, -0.2) is 0 Å². The van der Waals surface area contributed by atoms with Gasteiger partial charge >= 0.3 is 0 Å². The normalized spacial score (nSPS) is 11.9. The number of carbonyl (C=O) groups is 1. The molecule has 1 rings (SSSR count). The molecule has 1 aromatic rings. The standard InChI is InChI=1S/C13H19ClN2O.ClH/c1-9(2)12(15)13(17)16(3)8-10-6-4-5-7-11(10)14;/h4-7,9,12H,8,15H2,1-3H3;1H. The minimum absolute atomic E-state index is 0. The summed E-state index contributed by atoms with van der Waals surface area (Å²) in [6.07, 6.45) is 0. The fourth-order valence-electron chi connectivity index (χ4n) is 1.50. The van der Waals surface area contributed by atoms with Crippen LogP contribution in [0, 0.1) is 5.92 Å². The van der Waals surface area contributed by atoms with Gasteiger partial charge in [0, 0.05) is 18.6 Å². The van der Waals surface area contributed by atoms with Crippen molar-refractivity contribution >= 4 is 29.9 Å². The van der Waals surface area contributed by atoms with Crippen molar-refractivity contribution in [2.45, 2.75) is 26.4 Å². The van der Waals surface area contributed by atoms with Crippen molar-refractivity contribution in [3.63, 3.8) is 0 Å². The quantitative estimate of drug-likeness (QED) is 0.927. The SMILES string of the molecule is CC(C)C(N)C(=O)N(C)Cc1ccccc1Cl.Cl. The van der Waals surface area contributed by atoms with E-state index in [1.54, 1.807) is 11.9 Å². The lowest BCUT2D eigenvalue weighted by atomic mass is 10.0. The first-order valence-corrected chi connectivity index (χ1v) is 6.05. The Bertz CT molecular complexity index is 396. The van der Waals surface area contributed by atoms with Crippen LogP contribution in [0.3, 0.4) is 0 Å². The van der Waals surface area contributed by atoms with E-state index in [4.69, 9.17) is 17.3 Å². The molecule has 102 valence electrons. The second-order valence-corrected chi connectivity index (χ2v) is 4.96. The molecule has 0 saturated heterocycles. The highest BCUT2D eigenvalue weighted by Gasteiger charge is 2.21. The molecular formula is C13H20Cl2N2O. The highest BCUT2D eigenvalue weighted by molar-refractivity contribution is 6.31. The van der Waals surface area contributed by atoms with E-state index >= 15 is 0 Å². The molecule has 1 aromatic carbocycles. The van der Waals surface area contributed by atoms with Gasteiger partial charge in [-0.2, -0.15) is 0 Å². The average Bonchev–Trinajstić information content (AvgIpc) is 2.30. The van der Waals surface area contributed by atoms with Gasteiger partial charge in [-0.3, -0.25) is 4.79 Å². The molecule has 0 aromatic heterocycles. The Morgan fingerprint density at radius 1 is 1.39 bits per heavy atom. The number of likely N-dealkylation sites (N-methyl/N-ethyl adjacent to an activating group) is 1. The smallest absolute Gasteiger partial charge is 0.239 e. The number of hydrogen-bond acceptors (Lipinski definition) is 2. The van der Waals surface area contributed by atoms with Crippen LogP contribution < -0.4 is 5.73 Å². The third-order valence-electron chi connectivity index (χ3n) is 2.74. The summed E-state index contributed by atoms with van der Waals surface area (Å²) < 4.78 is 0. The highest BCUT2D eigenvalue weighted by atomic mass is 35.5. The molecule has 2 N–H and O–H groups in total. The van der Waals surface area contributed by atoms with Crippen LogP contribution in [0.5, 0.6) is 0 Å². The molecule has 3 nitrogen and oxygen atoms in total. The van der Waals surface area contributed by atoms with Crippen molar-refractivity contribution in [2.24, 2.45) is 11.7 Å². The summed E-state index contributed by atoms with van der Waals surface area (Å²) in [5.41, 5.74) is 6.76. The minimum atomic E-state index is -0.456. The number of hydrogen-bond donors (Lipinski definition) is 1. The third-order valence-corrected chi connectivity index (χ3v) is 3.11. The van der Waals surface area contributed by atoms with E-state index in [0.29, 0.717) is 11.6 Å². The lowest BCUT2D eigenvalue weighted by molar-refractivity contribution is -0.132. The van der Waals surface area contributed by atoms with E-state index in [0.717, 1.165) is 5.56 Å². The number of nitrogens with zero attached hydrogens (tertiary/aromatic N) is 1. The molecule has 0 spiro atoms. The topological polar surface area (TPSA) is 46.3 Å². The Kier molecular flexibility index (Phi) is 7.29. The Balaban J connectivity index is 0.00000289. The molecule has 1 unspecified atom stereocenters. The molecule has 5 heteroatoms. The minimum Gasteiger partial charge on any atom is -0.340 e. The Hall–Kier alpha value is -0.770. The Morgan fingerprint density at radius 2 is 1.94 bits per heavy atom. The first-order valence-electron chi connectivity index (χ1n) is 5.67. The molecule has 0 fully saturated rings. The van der Waals surface area contributed by atoms with Gasteiger partial charge in [0.1, 0.15) is 0 Å². The third kappa shape index (κ3) is 4.48. The summed E-state index contributed by atoms with van der Waals surface area (Å²) in [4.78, 5) is 13.6. The zero-order chi connectivity index (χ0) is 13.0. The number of nitrogens with two attached hydrogens (primary N) is 1. The zero-order valence-electron chi connectivity index (χ0n) is 10.9. The van der Waals surface area contributed by atoms with Gasteiger partial charge in [0.05, 0.1) is 6.04 Å². The largest absolute Gasteiger partial charge is 0.340 e. The second-order valence-electron chi connectivity index (χ2n) is 4.56. The molecular weight excluding hydrogens is 271 g/mol. The van der Waals surface area contributed by atoms with Crippen LogP contribution in [-0.2, 0) is 11.3 Å². The molecule has 1 atom stereocenters. The van der Waals surface area contributed by atoms with Crippen molar-refractivity contribution in [2.75, 3.05) is 7.05 Å². The maximum atomic E-state index is 12.0. The van der Waals surface area contributed by atoms with Gasteiger partial charge in [0.15, 0.2) is 0 Å². The van der Waals surface area contributed by atoms with Crippen molar-refractivity contribution in [1.82, 2.24) is 4.90 Å². The van der Waals surface area contributed by atoms with Crippen molar-refractivity contribution in [1.29, 1.82) is 0 Å². The van der Waals surface area contributed by atoms with Crippen LogP contribution in [0.4, 0.5) is 0 Å². The van der Waals surface area contributed by atoms with Crippen LogP contribution in [0.25, 0.3) is 0 Å². The molecule has 0 bridgehead atoms. The number of halogens is 2. The fourth-order valence-corrected chi connectivity index (χ4v) is 1.70. The van der Waals surface area contributed by atoms with Crippen molar-refractivity contribution in [3.05, 3.63) is 34.9 Å². The van der Waals surface area contributed by atoms with Crippen LogP contribution in [0.15, 0.2) is 24.3 Å². The average molecular weight is 291 g/mol. The van der Waals surface area contributed by atoms with Gasteiger partial charge in [-0.05, 0) is 17.5 Å². The number of rotatable bonds is 4. The van der Waals surface area contributed by atoms with Crippen LogP contribution in [0.2, 0.25) is 5.02 Å². The number of amides is 1. The summed E-state index contributed by atoms with van der Waals surface area (Å²) in [7, 11) is 1.74. The molecule has 18 heavy (non-hydrogen) atoms. The lowest BCUT2D eigenvalue weighted by Gasteiger charge is -2.23. The van der Waals surface area contributed by atoms with Gasteiger partial charge in [0.2, 0.25) is 5.91 Å².